The van der Waals surface area contributed by atoms with E-state index in [1.807, 2.05) is 30.3 Å². The molecule has 0 N–H and O–H groups in total. The van der Waals surface area contributed by atoms with Crippen LogP contribution < -0.4 is 0 Å². The molecule has 0 unspecified atom stereocenters. The molecule has 29 heavy (non-hydrogen) atoms. The van der Waals surface area contributed by atoms with E-state index in [1.165, 1.54) is 0 Å². The van der Waals surface area contributed by atoms with Gasteiger partial charge in [0.25, 0.3) is 0 Å². The van der Waals surface area contributed by atoms with E-state index in [9.17, 15) is 19.2 Å². The normalized spacial score (nSPS) is 21.0. The van der Waals surface area contributed by atoms with Gasteiger partial charge in [-0.15, -0.1) is 0 Å². The maximum Gasteiger partial charge on any atom is 0.325 e. The summed E-state index contributed by atoms with van der Waals surface area (Å²) in [4.78, 5) is 51.8. The zero-order valence-corrected chi connectivity index (χ0v) is 16.1. The maximum absolute atomic E-state index is 13.3. The van der Waals surface area contributed by atoms with E-state index in [4.69, 9.17) is 9.47 Å². The molecule has 2 aliphatic rings. The molecule has 0 bridgehead atoms. The molecular formula is C23H20O6. The molecule has 0 aliphatic heterocycles. The number of Topliss-reactive ketones (excluding diaryl/α,β-unsaturated/α-hetero) is 2. The molecule has 0 spiro atoms. The summed E-state index contributed by atoms with van der Waals surface area (Å²) in [7, 11) is 0. The van der Waals surface area contributed by atoms with Crippen molar-refractivity contribution in [3.8, 4) is 11.1 Å². The SMILES string of the molecule is CCOC(=O)C1(C(=O)OCC)[C@@H]2C(=O)c3ccc(-c4ccccc4)cc3C(=O)[C@@H]21. The molecule has 0 heterocycles. The highest BCUT2D eigenvalue weighted by Gasteiger charge is 2.83. The van der Waals surface area contributed by atoms with E-state index in [0.717, 1.165) is 11.1 Å². The summed E-state index contributed by atoms with van der Waals surface area (Å²) in [6, 6.07) is 14.5. The maximum atomic E-state index is 13.3. The molecule has 1 fully saturated rings. The van der Waals surface area contributed by atoms with Crippen molar-refractivity contribution >= 4 is 23.5 Å². The third kappa shape index (κ3) is 2.63. The third-order valence-corrected chi connectivity index (χ3v) is 5.65. The van der Waals surface area contributed by atoms with Gasteiger partial charge in [0.05, 0.1) is 25.0 Å². The van der Waals surface area contributed by atoms with Gasteiger partial charge in [-0.05, 0) is 31.0 Å². The number of ether oxygens (including phenoxy) is 2. The first-order valence-electron chi connectivity index (χ1n) is 9.60. The highest BCUT2D eigenvalue weighted by molar-refractivity contribution is 6.28. The van der Waals surface area contributed by atoms with Crippen molar-refractivity contribution in [3.63, 3.8) is 0 Å². The standard InChI is InChI=1S/C23H20O6/c1-3-28-21(26)23(22(27)29-4-2)17-18(23)20(25)16-12-14(10-11-15(16)19(17)24)13-8-6-5-7-9-13/h5-12,17-18H,3-4H2,1-2H3/t17-,18+/m0/s1. The van der Waals surface area contributed by atoms with Crippen LogP contribution in [0.1, 0.15) is 34.6 Å². The summed E-state index contributed by atoms with van der Waals surface area (Å²) in [5.41, 5.74) is 0.254. The van der Waals surface area contributed by atoms with Crippen molar-refractivity contribution < 1.29 is 28.7 Å². The molecule has 1 saturated carbocycles. The van der Waals surface area contributed by atoms with E-state index < -0.39 is 40.8 Å². The number of esters is 2. The first-order chi connectivity index (χ1) is 14.0. The number of hydrogen-bond donors (Lipinski definition) is 0. The molecule has 2 aromatic carbocycles. The van der Waals surface area contributed by atoms with Gasteiger partial charge in [-0.25, -0.2) is 0 Å². The van der Waals surface area contributed by atoms with Gasteiger partial charge in [0.1, 0.15) is 0 Å². The molecule has 4 rings (SSSR count). The van der Waals surface area contributed by atoms with Gasteiger partial charge in [0, 0.05) is 11.1 Å². The number of hydrogen-bond acceptors (Lipinski definition) is 6. The predicted molar refractivity (Wildman–Crippen MR) is 103 cm³/mol. The van der Waals surface area contributed by atoms with Gasteiger partial charge in [-0.3, -0.25) is 19.2 Å². The number of fused-ring (bicyclic) bond motifs is 2. The Balaban J connectivity index is 1.79. The zero-order chi connectivity index (χ0) is 20.8. The molecule has 2 atom stereocenters. The Hall–Kier alpha value is -3.28. The number of carbonyl (C=O) groups is 4. The summed E-state index contributed by atoms with van der Waals surface area (Å²) in [5, 5.41) is 0. The molecule has 6 heteroatoms. The highest BCUT2D eigenvalue weighted by atomic mass is 16.6. The summed E-state index contributed by atoms with van der Waals surface area (Å²) < 4.78 is 10.1. The van der Waals surface area contributed by atoms with Crippen molar-refractivity contribution in [2.24, 2.45) is 17.3 Å². The van der Waals surface area contributed by atoms with Crippen LogP contribution in [0.3, 0.4) is 0 Å². The Morgan fingerprint density at radius 2 is 1.34 bits per heavy atom. The minimum atomic E-state index is -1.88. The monoisotopic (exact) mass is 392 g/mol. The number of rotatable bonds is 5. The number of benzene rings is 2. The largest absolute Gasteiger partial charge is 0.465 e. The Bertz CT molecular complexity index is 1000. The van der Waals surface area contributed by atoms with E-state index >= 15 is 0 Å². The minimum absolute atomic E-state index is 0.0346. The minimum Gasteiger partial charge on any atom is -0.465 e. The molecule has 2 aliphatic carbocycles. The van der Waals surface area contributed by atoms with Gasteiger partial charge in [-0.2, -0.15) is 0 Å². The van der Waals surface area contributed by atoms with E-state index in [2.05, 4.69) is 0 Å². The Labute approximate surface area is 167 Å². The zero-order valence-electron chi connectivity index (χ0n) is 16.1. The van der Waals surface area contributed by atoms with E-state index in [-0.39, 0.29) is 24.3 Å². The Kier molecular flexibility index (Phi) is 4.57. The lowest BCUT2D eigenvalue weighted by Gasteiger charge is -2.14. The van der Waals surface area contributed by atoms with Crippen LogP contribution >= 0.6 is 0 Å². The van der Waals surface area contributed by atoms with Gasteiger partial charge >= 0.3 is 11.9 Å². The fraction of sp³-hybridized carbons (Fsp3) is 0.304. The second-order valence-corrected chi connectivity index (χ2v) is 7.12. The molecular weight excluding hydrogens is 372 g/mol. The average Bonchev–Trinajstić information content (AvgIpc) is 3.45. The van der Waals surface area contributed by atoms with Gasteiger partial charge in [-0.1, -0.05) is 42.5 Å². The first-order valence-corrected chi connectivity index (χ1v) is 9.60. The molecule has 6 nitrogen and oxygen atoms in total. The molecule has 148 valence electrons. The Morgan fingerprint density at radius 1 is 0.793 bits per heavy atom. The molecule has 0 amide bonds. The smallest absolute Gasteiger partial charge is 0.325 e. The lowest BCUT2D eigenvalue weighted by Crippen LogP contribution is -2.34. The highest BCUT2D eigenvalue weighted by Crippen LogP contribution is 2.65. The van der Waals surface area contributed by atoms with Crippen LogP contribution in [0, 0.1) is 17.3 Å². The van der Waals surface area contributed by atoms with Crippen molar-refractivity contribution in [1.82, 2.24) is 0 Å². The van der Waals surface area contributed by atoms with Crippen molar-refractivity contribution in [2.75, 3.05) is 13.2 Å². The van der Waals surface area contributed by atoms with Crippen LogP contribution in [0.5, 0.6) is 0 Å². The van der Waals surface area contributed by atoms with Crippen molar-refractivity contribution in [1.29, 1.82) is 0 Å². The number of ketones is 2. The molecule has 2 aromatic rings. The topological polar surface area (TPSA) is 86.7 Å². The van der Waals surface area contributed by atoms with Crippen LogP contribution in [-0.2, 0) is 19.1 Å². The molecule has 0 saturated heterocycles. The van der Waals surface area contributed by atoms with Gasteiger partial charge in [0.2, 0.25) is 0 Å². The fourth-order valence-electron chi connectivity index (χ4n) is 4.30. The van der Waals surface area contributed by atoms with Gasteiger partial charge in [0.15, 0.2) is 17.0 Å². The van der Waals surface area contributed by atoms with Crippen LogP contribution in [0.2, 0.25) is 0 Å². The second-order valence-electron chi connectivity index (χ2n) is 7.12. The van der Waals surface area contributed by atoms with Crippen LogP contribution in [0.15, 0.2) is 48.5 Å². The predicted octanol–water partition coefficient (Wildman–Crippen LogP) is 3.09. The molecule has 0 radical (unpaired) electrons. The molecule has 0 aromatic heterocycles. The van der Waals surface area contributed by atoms with Crippen molar-refractivity contribution in [3.05, 3.63) is 59.7 Å². The van der Waals surface area contributed by atoms with Crippen LogP contribution in [0.25, 0.3) is 11.1 Å². The summed E-state index contributed by atoms with van der Waals surface area (Å²) in [5.74, 6) is -4.68. The summed E-state index contributed by atoms with van der Waals surface area (Å²) >= 11 is 0. The average molecular weight is 392 g/mol. The fourth-order valence-corrected chi connectivity index (χ4v) is 4.30. The lowest BCUT2D eigenvalue weighted by molar-refractivity contribution is -0.165. The van der Waals surface area contributed by atoms with Crippen LogP contribution in [0.4, 0.5) is 0 Å². The summed E-state index contributed by atoms with van der Waals surface area (Å²) in [6.45, 7) is 3.28. The lowest BCUT2D eigenvalue weighted by atomic mass is 9.87. The van der Waals surface area contributed by atoms with E-state index in [0.29, 0.717) is 0 Å². The quantitative estimate of drug-likeness (QED) is 0.574. The van der Waals surface area contributed by atoms with Crippen molar-refractivity contribution in [2.45, 2.75) is 13.8 Å². The summed E-state index contributed by atoms with van der Waals surface area (Å²) in [6.07, 6.45) is 0. The third-order valence-electron chi connectivity index (χ3n) is 5.65. The Morgan fingerprint density at radius 3 is 1.90 bits per heavy atom. The number of carbonyl (C=O) groups excluding carboxylic acids is 4. The van der Waals surface area contributed by atoms with Gasteiger partial charge < -0.3 is 9.47 Å². The van der Waals surface area contributed by atoms with E-state index in [1.54, 1.807) is 32.0 Å². The second kappa shape index (κ2) is 6.95. The first kappa shape index (κ1) is 19.1. The van der Waals surface area contributed by atoms with Crippen LogP contribution in [-0.4, -0.2) is 36.7 Å².